The van der Waals surface area contributed by atoms with Crippen LogP contribution in [0.25, 0.3) is 11.1 Å². The third kappa shape index (κ3) is 4.79. The summed E-state index contributed by atoms with van der Waals surface area (Å²) in [5, 5.41) is 10.4. The second-order valence-corrected chi connectivity index (χ2v) is 7.97. The maximum absolute atomic E-state index is 11.3. The van der Waals surface area contributed by atoms with E-state index in [1.807, 2.05) is 24.3 Å². The van der Waals surface area contributed by atoms with Crippen LogP contribution in [0.15, 0.2) is 64.2 Å². The second kappa shape index (κ2) is 9.03. The third-order valence-electron chi connectivity index (χ3n) is 4.79. The van der Waals surface area contributed by atoms with Gasteiger partial charge in [0.05, 0.1) is 0 Å². The molecule has 2 aromatic rings. The second-order valence-electron chi connectivity index (χ2n) is 6.85. The lowest BCUT2D eigenvalue weighted by atomic mass is 10.0. The highest BCUT2D eigenvalue weighted by molar-refractivity contribution is 8.03. The van der Waals surface area contributed by atoms with Crippen molar-refractivity contribution in [3.8, 4) is 11.1 Å². The Balaban J connectivity index is 1.72. The molecule has 1 aliphatic heterocycles. The number of nitrogens with two attached hydrogens (primary N) is 2. The molecule has 0 unspecified atom stereocenters. The summed E-state index contributed by atoms with van der Waals surface area (Å²) >= 11 is 1.18. The Labute approximate surface area is 169 Å². The molecule has 1 fully saturated rings. The van der Waals surface area contributed by atoms with E-state index in [1.54, 1.807) is 0 Å². The molecule has 6 nitrogen and oxygen atoms in total. The fraction of sp³-hybridized carbons (Fsp3) is 0.286. The van der Waals surface area contributed by atoms with E-state index in [9.17, 15) is 9.90 Å². The number of hydrogen-bond acceptors (Lipinski definition) is 6. The van der Waals surface area contributed by atoms with Crippen molar-refractivity contribution in [3.05, 3.63) is 59.3 Å². The Hall–Kier alpha value is -2.64. The van der Waals surface area contributed by atoms with Gasteiger partial charge in [-0.1, -0.05) is 36.0 Å². The average molecular weight is 399 g/mol. The first-order chi connectivity index (χ1) is 13.5. The predicted octanol–water partition coefficient (Wildman–Crippen LogP) is 3.45. The molecular weight excluding hydrogens is 372 g/mol. The van der Waals surface area contributed by atoms with Gasteiger partial charge in [0.25, 0.3) is 0 Å². The Morgan fingerprint density at radius 2 is 1.54 bits per heavy atom. The number of aliphatic carboxylic acids is 1. The van der Waals surface area contributed by atoms with Gasteiger partial charge >= 0.3 is 5.97 Å². The maximum atomic E-state index is 11.3. The summed E-state index contributed by atoms with van der Waals surface area (Å²) in [6.07, 6.45) is 3.86. The van der Waals surface area contributed by atoms with Crippen LogP contribution in [0.3, 0.4) is 0 Å². The van der Waals surface area contributed by atoms with Crippen LogP contribution in [0, 0.1) is 0 Å². The van der Waals surface area contributed by atoms with Crippen molar-refractivity contribution >= 4 is 23.4 Å². The van der Waals surface area contributed by atoms with Crippen LogP contribution in [0.5, 0.6) is 0 Å². The number of nitrogens with zero attached hydrogens (tertiary/aromatic N) is 2. The number of carbonyl (C=O) groups is 1. The van der Waals surface area contributed by atoms with E-state index < -0.39 is 5.97 Å². The minimum atomic E-state index is -1.15. The topological polar surface area (TPSA) is 95.8 Å². The van der Waals surface area contributed by atoms with E-state index in [0.29, 0.717) is 0 Å². The van der Waals surface area contributed by atoms with Gasteiger partial charge in [0.1, 0.15) is 5.03 Å². The van der Waals surface area contributed by atoms with Gasteiger partial charge in [-0.25, -0.2) is 10.6 Å². The Morgan fingerprint density at radius 3 is 2.04 bits per heavy atom. The van der Waals surface area contributed by atoms with Crippen molar-refractivity contribution in [2.75, 3.05) is 25.0 Å². The maximum Gasteiger partial charge on any atom is 0.356 e. The van der Waals surface area contributed by atoms with Gasteiger partial charge in [0.2, 0.25) is 0 Å². The molecule has 5 N–H and O–H groups in total. The molecule has 1 heterocycles. The summed E-state index contributed by atoms with van der Waals surface area (Å²) in [5.41, 5.74) is 9.33. The molecular formula is C21H26N4O2S. The zero-order chi connectivity index (χ0) is 20.1. The lowest BCUT2D eigenvalue weighted by Crippen LogP contribution is -2.32. The summed E-state index contributed by atoms with van der Waals surface area (Å²) in [4.78, 5) is 14.6. The Morgan fingerprint density at radius 1 is 1.00 bits per heavy atom. The molecule has 0 radical (unpaired) electrons. The number of rotatable bonds is 6. The summed E-state index contributed by atoms with van der Waals surface area (Å²) in [7, 11) is 1.45. The molecule has 1 saturated heterocycles. The number of carboxylic acid groups (broad SMARTS) is 1. The van der Waals surface area contributed by atoms with Crippen LogP contribution in [-0.4, -0.2) is 36.2 Å². The summed E-state index contributed by atoms with van der Waals surface area (Å²) < 4.78 is 0. The van der Waals surface area contributed by atoms with E-state index in [2.05, 4.69) is 29.2 Å². The normalized spacial score (nSPS) is 15.1. The molecule has 2 aromatic carbocycles. The zero-order valence-electron chi connectivity index (χ0n) is 16.0. The first-order valence-corrected chi connectivity index (χ1v) is 10.1. The van der Waals surface area contributed by atoms with Crippen LogP contribution in [0.4, 0.5) is 5.69 Å². The molecule has 1 aliphatic rings. The van der Waals surface area contributed by atoms with Crippen molar-refractivity contribution in [2.24, 2.45) is 11.6 Å². The van der Waals surface area contributed by atoms with Crippen LogP contribution in [-0.2, 0) is 4.79 Å². The van der Waals surface area contributed by atoms with Gasteiger partial charge in [0, 0.05) is 30.7 Å². The van der Waals surface area contributed by atoms with Crippen molar-refractivity contribution < 1.29 is 9.90 Å². The Kier molecular flexibility index (Phi) is 6.49. The van der Waals surface area contributed by atoms with Crippen LogP contribution >= 0.6 is 11.8 Å². The van der Waals surface area contributed by atoms with Gasteiger partial charge in [-0.3, -0.25) is 0 Å². The van der Waals surface area contributed by atoms with Crippen molar-refractivity contribution in [1.82, 2.24) is 5.01 Å². The van der Waals surface area contributed by atoms with Crippen molar-refractivity contribution in [3.63, 3.8) is 0 Å². The smallest absolute Gasteiger partial charge is 0.356 e. The van der Waals surface area contributed by atoms with Crippen LogP contribution in [0.2, 0.25) is 0 Å². The number of thioether (sulfide) groups is 1. The van der Waals surface area contributed by atoms with Gasteiger partial charge in [-0.15, -0.1) is 0 Å². The monoisotopic (exact) mass is 398 g/mol. The van der Waals surface area contributed by atoms with Crippen molar-refractivity contribution in [2.45, 2.75) is 24.2 Å². The highest BCUT2D eigenvalue weighted by Crippen LogP contribution is 2.30. The van der Waals surface area contributed by atoms with E-state index >= 15 is 0 Å². The molecule has 0 aromatic heterocycles. The SMILES string of the molecule is CN(N)/C(C(=O)O)=C(\N)Sc1ccc(-c2ccc(N3CCCCC3)cc2)cc1. The standard InChI is InChI=1S/C21H26N4O2S/c1-24(23)19(21(26)27)20(22)28-18-11-7-16(8-12-18)15-5-9-17(10-6-15)25-13-3-2-4-14-25/h5-12H,2-4,13-14,22-23H2,1H3,(H,26,27)/b20-19+. The minimum Gasteiger partial charge on any atom is -0.476 e. The summed E-state index contributed by atoms with van der Waals surface area (Å²) in [6.45, 7) is 2.27. The minimum absolute atomic E-state index is 0.123. The molecule has 0 spiro atoms. The first kappa shape index (κ1) is 20.1. The fourth-order valence-electron chi connectivity index (χ4n) is 3.34. The van der Waals surface area contributed by atoms with Gasteiger partial charge in [-0.2, -0.15) is 0 Å². The number of piperidine rings is 1. The van der Waals surface area contributed by atoms with E-state index in [0.717, 1.165) is 34.1 Å². The van der Waals surface area contributed by atoms with Crippen LogP contribution in [0.1, 0.15) is 19.3 Å². The molecule has 28 heavy (non-hydrogen) atoms. The molecule has 0 bridgehead atoms. The molecule has 148 valence electrons. The molecule has 0 amide bonds. The Bertz CT molecular complexity index is 842. The number of carboxylic acids is 1. The summed E-state index contributed by atoms with van der Waals surface area (Å²) in [6, 6.07) is 16.5. The molecule has 0 atom stereocenters. The van der Waals surface area contributed by atoms with Crippen molar-refractivity contribution in [1.29, 1.82) is 0 Å². The molecule has 0 aliphatic carbocycles. The van der Waals surface area contributed by atoms with Crippen LogP contribution < -0.4 is 16.5 Å². The average Bonchev–Trinajstić information content (AvgIpc) is 2.69. The van der Waals surface area contributed by atoms with Gasteiger partial charge < -0.3 is 20.7 Å². The highest BCUT2D eigenvalue weighted by Gasteiger charge is 2.16. The quantitative estimate of drug-likeness (QED) is 0.297. The molecule has 7 heteroatoms. The lowest BCUT2D eigenvalue weighted by molar-refractivity contribution is -0.134. The van der Waals surface area contributed by atoms with E-state index in [-0.39, 0.29) is 10.7 Å². The predicted molar refractivity (Wildman–Crippen MR) is 115 cm³/mol. The molecule has 0 saturated carbocycles. The highest BCUT2D eigenvalue weighted by atomic mass is 32.2. The van der Waals surface area contributed by atoms with Gasteiger partial charge in [0.15, 0.2) is 5.70 Å². The number of likely N-dealkylation sites (N-methyl/N-ethyl adjacent to an activating group) is 1. The molecule has 3 rings (SSSR count). The lowest BCUT2D eigenvalue weighted by Gasteiger charge is -2.28. The zero-order valence-corrected chi connectivity index (χ0v) is 16.8. The summed E-state index contributed by atoms with van der Waals surface area (Å²) in [5.74, 6) is 4.40. The number of hydrazine groups is 1. The number of hydrogen-bond donors (Lipinski definition) is 3. The first-order valence-electron chi connectivity index (χ1n) is 9.30. The fourth-order valence-corrected chi connectivity index (χ4v) is 4.19. The number of benzene rings is 2. The van der Waals surface area contributed by atoms with E-state index in [4.69, 9.17) is 11.6 Å². The van der Waals surface area contributed by atoms with E-state index in [1.165, 1.54) is 43.8 Å². The largest absolute Gasteiger partial charge is 0.476 e. The van der Waals surface area contributed by atoms with Gasteiger partial charge in [-0.05, 0) is 54.7 Å². The number of anilines is 1. The third-order valence-corrected chi connectivity index (χ3v) is 5.71.